The lowest BCUT2D eigenvalue weighted by molar-refractivity contribution is -0.390. The molecular weight excluding hydrogens is 250 g/mol. The zero-order valence-corrected chi connectivity index (χ0v) is 10.3. The highest BCUT2D eigenvalue weighted by molar-refractivity contribution is 7.91. The van der Waals surface area contributed by atoms with E-state index in [9.17, 15) is 23.6 Å². The molecule has 1 aromatic heterocycles. The van der Waals surface area contributed by atoms with E-state index in [1.807, 2.05) is 0 Å². The number of hydrogen-bond donors (Lipinski definition) is 1. The van der Waals surface area contributed by atoms with Crippen molar-refractivity contribution in [1.82, 2.24) is 9.55 Å². The zero-order chi connectivity index (χ0) is 13.2. The van der Waals surface area contributed by atoms with Crippen molar-refractivity contribution in [2.45, 2.75) is 20.4 Å². The highest BCUT2D eigenvalue weighted by atomic mass is 32.2. The lowest BCUT2D eigenvalue weighted by Gasteiger charge is -2.03. The summed E-state index contributed by atoms with van der Waals surface area (Å²) in [5, 5.41) is 20.0. The minimum atomic E-state index is -3.19. The zero-order valence-electron chi connectivity index (χ0n) is 9.45. The van der Waals surface area contributed by atoms with Crippen LogP contribution in [0.4, 0.5) is 5.82 Å². The summed E-state index contributed by atoms with van der Waals surface area (Å²) in [5.74, 6) is -1.26. The number of aromatic nitrogens is 2. The molecule has 1 N–H and O–H groups in total. The first-order valence-corrected chi connectivity index (χ1v) is 6.71. The van der Waals surface area contributed by atoms with E-state index in [0.29, 0.717) is 0 Å². The predicted molar refractivity (Wildman–Crippen MR) is 59.6 cm³/mol. The normalized spacial score (nSPS) is 11.6. The molecule has 0 fully saturated rings. The molecular formula is C8H13N3O5S. The summed E-state index contributed by atoms with van der Waals surface area (Å²) in [5.41, 5.74) is 0. The van der Waals surface area contributed by atoms with Crippen molar-refractivity contribution < 1.29 is 18.4 Å². The molecule has 0 spiro atoms. The van der Waals surface area contributed by atoms with Crippen LogP contribution in [-0.2, 0) is 16.4 Å². The van der Waals surface area contributed by atoms with Crippen molar-refractivity contribution >= 4 is 15.7 Å². The van der Waals surface area contributed by atoms with Crippen LogP contribution in [0.15, 0.2) is 0 Å². The molecule has 0 unspecified atom stereocenters. The fourth-order valence-corrected chi connectivity index (χ4v) is 2.05. The number of aryl methyl sites for hydroxylation is 1. The Labute approximate surface area is 98.0 Å². The smallest absolute Gasteiger partial charge is 0.426 e. The summed E-state index contributed by atoms with van der Waals surface area (Å²) in [4.78, 5) is 13.2. The van der Waals surface area contributed by atoms with Gasteiger partial charge in [0.15, 0.2) is 9.84 Å². The van der Waals surface area contributed by atoms with E-state index in [4.69, 9.17) is 0 Å². The number of aromatic hydroxyl groups is 1. The van der Waals surface area contributed by atoms with Gasteiger partial charge >= 0.3 is 5.82 Å². The first-order valence-electron chi connectivity index (χ1n) is 4.89. The van der Waals surface area contributed by atoms with Crippen LogP contribution in [0.5, 0.6) is 5.88 Å². The predicted octanol–water partition coefficient (Wildman–Crippen LogP) is 0.240. The molecule has 1 rings (SSSR count). The molecule has 9 heteroatoms. The SMILES string of the molecule is CCS(=O)(=O)CCn1c(C)nc([N+](=O)[O-])c1O. The monoisotopic (exact) mass is 263 g/mol. The number of rotatable bonds is 5. The molecule has 0 amide bonds. The molecule has 0 saturated heterocycles. The summed E-state index contributed by atoms with van der Waals surface area (Å²) in [6, 6.07) is 0. The molecule has 96 valence electrons. The van der Waals surface area contributed by atoms with Gasteiger partial charge in [0.05, 0.1) is 5.75 Å². The molecule has 1 aromatic rings. The molecule has 8 nitrogen and oxygen atoms in total. The van der Waals surface area contributed by atoms with Gasteiger partial charge in [0, 0.05) is 19.2 Å². The fourth-order valence-electron chi connectivity index (χ4n) is 1.30. The van der Waals surface area contributed by atoms with E-state index in [1.165, 1.54) is 13.8 Å². The van der Waals surface area contributed by atoms with Crippen LogP contribution < -0.4 is 0 Å². The van der Waals surface area contributed by atoms with Gasteiger partial charge in [-0.05, 0) is 9.91 Å². The van der Waals surface area contributed by atoms with Crippen LogP contribution in [0.1, 0.15) is 12.7 Å². The van der Waals surface area contributed by atoms with Gasteiger partial charge in [0.2, 0.25) is 5.82 Å². The molecule has 1 heterocycles. The fraction of sp³-hybridized carbons (Fsp3) is 0.625. The van der Waals surface area contributed by atoms with E-state index in [1.54, 1.807) is 0 Å². The van der Waals surface area contributed by atoms with Gasteiger partial charge in [0.25, 0.3) is 5.88 Å². The summed E-state index contributed by atoms with van der Waals surface area (Å²) >= 11 is 0. The summed E-state index contributed by atoms with van der Waals surface area (Å²) in [6.45, 7) is 2.93. The van der Waals surface area contributed by atoms with E-state index in [2.05, 4.69) is 4.98 Å². The Morgan fingerprint density at radius 2 is 2.12 bits per heavy atom. The molecule has 0 bridgehead atoms. The molecule has 0 saturated carbocycles. The van der Waals surface area contributed by atoms with Crippen LogP contribution in [0.2, 0.25) is 0 Å². The molecule has 17 heavy (non-hydrogen) atoms. The average Bonchev–Trinajstić information content (AvgIpc) is 2.52. The van der Waals surface area contributed by atoms with Gasteiger partial charge in [-0.3, -0.25) is 4.57 Å². The van der Waals surface area contributed by atoms with Crippen molar-refractivity contribution in [1.29, 1.82) is 0 Å². The van der Waals surface area contributed by atoms with Gasteiger partial charge in [0.1, 0.15) is 0 Å². The Kier molecular flexibility index (Phi) is 3.71. The van der Waals surface area contributed by atoms with Gasteiger partial charge in [-0.2, -0.15) is 0 Å². The van der Waals surface area contributed by atoms with E-state index in [-0.39, 0.29) is 23.9 Å². The van der Waals surface area contributed by atoms with Crippen molar-refractivity contribution in [3.8, 4) is 5.88 Å². The second-order valence-electron chi connectivity index (χ2n) is 3.45. The van der Waals surface area contributed by atoms with Crippen LogP contribution in [0.3, 0.4) is 0 Å². The number of hydrogen-bond acceptors (Lipinski definition) is 6. The maximum absolute atomic E-state index is 11.3. The average molecular weight is 263 g/mol. The molecule has 0 radical (unpaired) electrons. The minimum absolute atomic E-state index is 0.0103. The minimum Gasteiger partial charge on any atom is -0.488 e. The second-order valence-corrected chi connectivity index (χ2v) is 5.92. The van der Waals surface area contributed by atoms with E-state index >= 15 is 0 Å². The first kappa shape index (κ1) is 13.4. The lowest BCUT2D eigenvalue weighted by Crippen LogP contribution is -2.15. The van der Waals surface area contributed by atoms with Crippen molar-refractivity contribution in [3.63, 3.8) is 0 Å². The molecule has 0 aliphatic heterocycles. The first-order chi connectivity index (χ1) is 7.78. The Hall–Kier alpha value is -1.64. The summed E-state index contributed by atoms with van der Waals surface area (Å²) < 4.78 is 23.7. The highest BCUT2D eigenvalue weighted by Crippen LogP contribution is 2.25. The van der Waals surface area contributed by atoms with Gasteiger partial charge in [-0.15, -0.1) is 0 Å². The van der Waals surface area contributed by atoms with Crippen LogP contribution in [0.25, 0.3) is 0 Å². The molecule has 0 aliphatic rings. The topological polar surface area (TPSA) is 115 Å². The number of sulfone groups is 1. The summed E-state index contributed by atoms with van der Waals surface area (Å²) in [6.07, 6.45) is 0. The van der Waals surface area contributed by atoms with Crippen LogP contribution >= 0.6 is 0 Å². The molecule has 0 aromatic carbocycles. The van der Waals surface area contributed by atoms with Crippen LogP contribution in [-0.4, -0.2) is 39.5 Å². The number of nitro groups is 1. The third-order valence-electron chi connectivity index (χ3n) is 2.35. The third kappa shape index (κ3) is 2.93. The molecule has 0 atom stereocenters. The summed E-state index contributed by atoms with van der Waals surface area (Å²) in [7, 11) is -3.19. The van der Waals surface area contributed by atoms with Crippen LogP contribution in [0, 0.1) is 17.0 Å². The van der Waals surface area contributed by atoms with Crippen molar-refractivity contribution in [3.05, 3.63) is 15.9 Å². The third-order valence-corrected chi connectivity index (χ3v) is 4.04. The maximum Gasteiger partial charge on any atom is 0.426 e. The second kappa shape index (κ2) is 4.70. The molecule has 0 aliphatic carbocycles. The Morgan fingerprint density at radius 3 is 2.53 bits per heavy atom. The highest BCUT2D eigenvalue weighted by Gasteiger charge is 2.25. The largest absolute Gasteiger partial charge is 0.488 e. The van der Waals surface area contributed by atoms with E-state index < -0.39 is 26.5 Å². The standard InChI is InChI=1S/C8H13N3O5S/c1-3-17(15,16)5-4-10-6(2)9-7(8(10)12)11(13)14/h12H,3-5H2,1-2H3. The van der Waals surface area contributed by atoms with E-state index in [0.717, 1.165) is 4.57 Å². The Balaban J connectivity index is 2.97. The maximum atomic E-state index is 11.3. The number of nitrogens with zero attached hydrogens (tertiary/aromatic N) is 3. The van der Waals surface area contributed by atoms with Gasteiger partial charge in [-0.25, -0.2) is 8.42 Å². The number of imidazole rings is 1. The Bertz CT molecular complexity index is 534. The lowest BCUT2D eigenvalue weighted by atomic mass is 10.6. The van der Waals surface area contributed by atoms with Crippen molar-refractivity contribution in [2.75, 3.05) is 11.5 Å². The van der Waals surface area contributed by atoms with Gasteiger partial charge < -0.3 is 15.2 Å². The van der Waals surface area contributed by atoms with Crippen molar-refractivity contribution in [2.24, 2.45) is 0 Å². The quantitative estimate of drug-likeness (QED) is 0.601. The van der Waals surface area contributed by atoms with Gasteiger partial charge in [-0.1, -0.05) is 6.92 Å². The Morgan fingerprint density at radius 1 is 1.53 bits per heavy atom.